The van der Waals surface area contributed by atoms with Gasteiger partial charge in [-0.25, -0.2) is 4.58 Å². The highest BCUT2D eigenvalue weighted by Gasteiger charge is 2.36. The molecule has 2 nitrogen and oxygen atoms in total. The van der Waals surface area contributed by atoms with Gasteiger partial charge in [0, 0.05) is 41.3 Å². The first-order valence-corrected chi connectivity index (χ1v) is 11.6. The van der Waals surface area contributed by atoms with Crippen LogP contribution in [0.25, 0.3) is 11.6 Å². The summed E-state index contributed by atoms with van der Waals surface area (Å²) in [6, 6.07) is 9.91. The third-order valence-electron chi connectivity index (χ3n) is 7.75. The van der Waals surface area contributed by atoms with Crippen LogP contribution >= 0.6 is 0 Å². The van der Waals surface area contributed by atoms with Crippen molar-refractivity contribution < 1.29 is 0 Å². The average Bonchev–Trinajstić information content (AvgIpc) is 3.08. The van der Waals surface area contributed by atoms with Crippen LogP contribution < -0.4 is 20.1 Å². The Morgan fingerprint density at radius 1 is 1.00 bits per heavy atom. The first-order chi connectivity index (χ1) is 14.2. The lowest BCUT2D eigenvalue weighted by Gasteiger charge is -2.44. The molecule has 0 aromatic heterocycles. The molecule has 31 heavy (non-hydrogen) atoms. The molecule has 0 amide bonds. The summed E-state index contributed by atoms with van der Waals surface area (Å²) in [7, 11) is 0. The Morgan fingerprint density at radius 2 is 1.74 bits per heavy atom. The molecule has 0 N–H and O–H groups in total. The van der Waals surface area contributed by atoms with Gasteiger partial charge in [0.05, 0.1) is 5.54 Å². The molecule has 0 radical (unpaired) electrons. The number of hydrogen-bond acceptors (Lipinski definition) is 1. The summed E-state index contributed by atoms with van der Waals surface area (Å²) < 4.78 is 2.53. The quantitative estimate of drug-likeness (QED) is 0.634. The van der Waals surface area contributed by atoms with Crippen LogP contribution in [-0.2, 0) is 11.8 Å². The zero-order valence-electron chi connectivity index (χ0n) is 19.7. The van der Waals surface area contributed by atoms with Crippen molar-refractivity contribution in [2.24, 2.45) is 0 Å². The third kappa shape index (κ3) is 3.02. The van der Waals surface area contributed by atoms with Gasteiger partial charge >= 0.3 is 0 Å². The van der Waals surface area contributed by atoms with E-state index in [1.165, 1.54) is 56.1 Å². The lowest BCUT2D eigenvalue weighted by molar-refractivity contribution is 0.563. The van der Waals surface area contributed by atoms with Crippen LogP contribution in [0.3, 0.4) is 0 Å². The second kappa shape index (κ2) is 7.08. The number of nitrogens with zero attached hydrogens (tertiary/aromatic N) is 2. The normalized spacial score (nSPS) is 19.4. The zero-order valence-corrected chi connectivity index (χ0v) is 19.7. The molecule has 2 heterocycles. The maximum Gasteiger partial charge on any atom is 0.203 e. The van der Waals surface area contributed by atoms with Gasteiger partial charge in [0.2, 0.25) is 5.36 Å². The molecule has 3 aliphatic rings. The summed E-state index contributed by atoms with van der Waals surface area (Å²) in [6.07, 6.45) is 6.04. The van der Waals surface area contributed by atoms with Crippen LogP contribution in [0.4, 0.5) is 5.69 Å². The van der Waals surface area contributed by atoms with E-state index in [-0.39, 0.29) is 18.4 Å². The van der Waals surface area contributed by atoms with Crippen molar-refractivity contribution in [3.8, 4) is 0 Å². The topological polar surface area (TPSA) is 6.25 Å². The van der Waals surface area contributed by atoms with E-state index in [1.54, 1.807) is 0 Å². The average molecular weight is 416 g/mol. The first kappa shape index (κ1) is 21.9. The van der Waals surface area contributed by atoms with Crippen LogP contribution in [0.2, 0.25) is 0 Å². The van der Waals surface area contributed by atoms with Crippen LogP contribution in [0.5, 0.6) is 0 Å². The fourth-order valence-corrected chi connectivity index (χ4v) is 6.20. The maximum atomic E-state index is 2.56. The van der Waals surface area contributed by atoms with Crippen molar-refractivity contribution in [1.29, 1.82) is 0 Å². The molecule has 5 rings (SSSR count). The third-order valence-corrected chi connectivity index (χ3v) is 7.75. The van der Waals surface area contributed by atoms with E-state index >= 15 is 0 Å². The lowest BCUT2D eigenvalue weighted by Crippen LogP contribution is -2.45. The summed E-state index contributed by atoms with van der Waals surface area (Å²) in [6.45, 7) is 19.6. The monoisotopic (exact) mass is 415 g/mol. The van der Waals surface area contributed by atoms with Crippen molar-refractivity contribution in [3.63, 3.8) is 0 Å². The molecule has 2 heteroatoms. The van der Waals surface area contributed by atoms with Crippen molar-refractivity contribution in [2.75, 3.05) is 24.5 Å². The molecule has 0 bridgehead atoms. The summed E-state index contributed by atoms with van der Waals surface area (Å²) in [5.41, 5.74) is 10.0. The molecule has 0 saturated heterocycles. The molecule has 0 spiro atoms. The minimum atomic E-state index is -0.00982. The van der Waals surface area contributed by atoms with Crippen molar-refractivity contribution in [1.82, 2.24) is 4.58 Å². The van der Waals surface area contributed by atoms with Crippen LogP contribution in [-0.4, -0.2) is 25.2 Å². The highest BCUT2D eigenvalue weighted by atomic mass is 15.2. The number of benzene rings is 2. The first-order valence-electron chi connectivity index (χ1n) is 11.6. The Kier molecular flexibility index (Phi) is 5.00. The number of anilines is 1. The Balaban J connectivity index is 0.00000231. The number of fused-ring (bicyclic) bond motifs is 4. The zero-order chi connectivity index (χ0) is 21.4. The fraction of sp³-hybridized carbons (Fsp3) is 0.483. The number of rotatable bonds is 2. The smallest absolute Gasteiger partial charge is 0.203 e. The van der Waals surface area contributed by atoms with Crippen molar-refractivity contribution in [2.45, 2.75) is 73.3 Å². The van der Waals surface area contributed by atoms with Crippen LogP contribution in [0.15, 0.2) is 30.3 Å². The second-order valence-corrected chi connectivity index (χ2v) is 10.3. The van der Waals surface area contributed by atoms with Crippen LogP contribution in [0.1, 0.15) is 83.7 Å². The molecule has 0 fully saturated rings. The molecule has 2 aliphatic heterocycles. The highest BCUT2D eigenvalue weighted by molar-refractivity contribution is 5.84. The molecular weight excluding hydrogens is 376 g/mol. The van der Waals surface area contributed by atoms with Gasteiger partial charge in [-0.15, -0.1) is 0 Å². The predicted molar refractivity (Wildman–Crippen MR) is 136 cm³/mol. The van der Waals surface area contributed by atoms with Crippen LogP contribution in [0, 0.1) is 0 Å². The van der Waals surface area contributed by atoms with Gasteiger partial charge in [-0.3, -0.25) is 0 Å². The molecule has 1 aliphatic carbocycles. The summed E-state index contributed by atoms with van der Waals surface area (Å²) in [5, 5.41) is 2.86. The van der Waals surface area contributed by atoms with E-state index in [2.05, 4.69) is 94.4 Å². The SMILES string of the molecule is C.CCN1c2cc3c(cc2C(C)=CC1(C)C)C=c1cc2c(cc1C3(C)C)=[N+](CC)CC2. The molecule has 0 saturated carbocycles. The van der Waals surface area contributed by atoms with E-state index < -0.39 is 0 Å². The van der Waals surface area contributed by atoms with Gasteiger partial charge in [0.25, 0.3) is 0 Å². The molecule has 0 atom stereocenters. The van der Waals surface area contributed by atoms with E-state index in [4.69, 9.17) is 0 Å². The van der Waals surface area contributed by atoms with Gasteiger partial charge in [0.15, 0.2) is 0 Å². The predicted octanol–water partition coefficient (Wildman–Crippen LogP) is 4.88. The summed E-state index contributed by atoms with van der Waals surface area (Å²) in [4.78, 5) is 2.56. The number of hydrogen-bond donors (Lipinski definition) is 0. The number of likely N-dealkylation sites (N-methyl/N-ethyl adjacent to an activating group) is 2. The van der Waals surface area contributed by atoms with Gasteiger partial charge in [-0.2, -0.15) is 0 Å². The summed E-state index contributed by atoms with van der Waals surface area (Å²) >= 11 is 0. The minimum Gasteiger partial charge on any atom is -0.363 e. The largest absolute Gasteiger partial charge is 0.363 e. The van der Waals surface area contributed by atoms with Gasteiger partial charge in [-0.05, 0) is 86.4 Å². The van der Waals surface area contributed by atoms with Gasteiger partial charge in [-0.1, -0.05) is 27.4 Å². The Labute approximate surface area is 188 Å². The van der Waals surface area contributed by atoms with Gasteiger partial charge < -0.3 is 4.90 Å². The number of allylic oxidation sites excluding steroid dienone is 1. The highest BCUT2D eigenvalue weighted by Crippen LogP contribution is 2.44. The van der Waals surface area contributed by atoms with Crippen molar-refractivity contribution >= 4 is 17.3 Å². The van der Waals surface area contributed by atoms with E-state index in [1.807, 2.05) is 0 Å². The van der Waals surface area contributed by atoms with Gasteiger partial charge in [0.1, 0.15) is 13.1 Å². The Hall–Kier alpha value is -2.35. The molecule has 164 valence electrons. The molecule has 2 aromatic rings. The fourth-order valence-electron chi connectivity index (χ4n) is 6.20. The Bertz CT molecular complexity index is 1220. The summed E-state index contributed by atoms with van der Waals surface area (Å²) in [5.74, 6) is 0. The van der Waals surface area contributed by atoms with E-state index in [0.717, 1.165) is 19.6 Å². The van der Waals surface area contributed by atoms with E-state index in [0.29, 0.717) is 0 Å². The van der Waals surface area contributed by atoms with Crippen molar-refractivity contribution in [3.05, 3.63) is 68.7 Å². The standard InChI is InChI=1S/C28H35N2.CH4/c1-8-29-11-10-19-12-20-13-21-14-22-18(3)17-27(4,5)30(9-2)26(22)16-24(21)28(6,7)23(20)15-25(19)29;/h12-17H,8-11H2,1-7H3;1H4/q+1;. The Morgan fingerprint density at radius 3 is 2.42 bits per heavy atom. The van der Waals surface area contributed by atoms with E-state index in [9.17, 15) is 0 Å². The molecule has 2 aromatic carbocycles. The molecular formula is C29H39N2+. The second-order valence-electron chi connectivity index (χ2n) is 10.3. The lowest BCUT2D eigenvalue weighted by atomic mass is 9.70. The molecule has 0 unspecified atom stereocenters. The minimum absolute atomic E-state index is 0. The maximum absolute atomic E-state index is 2.56.